The molecule has 0 radical (unpaired) electrons. The number of ether oxygens (including phenoxy) is 2. The highest BCUT2D eigenvalue weighted by molar-refractivity contribution is 5.98. The lowest BCUT2D eigenvalue weighted by Crippen LogP contribution is -2.36. The Hall–Kier alpha value is -1.79. The number of carbonyl (C=O) groups excluding carboxylic acids is 1. The van der Waals surface area contributed by atoms with Gasteiger partial charge in [-0.25, -0.2) is 0 Å². The van der Waals surface area contributed by atoms with E-state index in [9.17, 15) is 4.79 Å². The first kappa shape index (κ1) is 16.7. The quantitative estimate of drug-likeness (QED) is 0.907. The van der Waals surface area contributed by atoms with Crippen LogP contribution >= 0.6 is 0 Å². The van der Waals surface area contributed by atoms with Crippen molar-refractivity contribution in [2.75, 3.05) is 61.1 Å². The van der Waals surface area contributed by atoms with Crippen molar-refractivity contribution in [1.82, 2.24) is 0 Å². The lowest BCUT2D eigenvalue weighted by Gasteiger charge is -2.30. The summed E-state index contributed by atoms with van der Waals surface area (Å²) in [6, 6.07) is 6.44. The van der Waals surface area contributed by atoms with E-state index in [2.05, 4.69) is 33.3 Å². The molecule has 3 heterocycles. The Bertz CT molecular complexity index is 604. The molecular formula is C19H27N3O3. The third kappa shape index (κ3) is 3.75. The van der Waals surface area contributed by atoms with Crippen molar-refractivity contribution in [2.24, 2.45) is 0 Å². The minimum absolute atomic E-state index is 0.0166. The lowest BCUT2D eigenvalue weighted by atomic mass is 10.1. The van der Waals surface area contributed by atoms with E-state index >= 15 is 0 Å². The van der Waals surface area contributed by atoms with Gasteiger partial charge in [0, 0.05) is 38.5 Å². The zero-order valence-electron chi connectivity index (χ0n) is 14.7. The molecule has 3 aliphatic rings. The first-order valence-electron chi connectivity index (χ1n) is 9.45. The predicted octanol–water partition coefficient (Wildman–Crippen LogP) is 2.24. The summed E-state index contributed by atoms with van der Waals surface area (Å²) in [5, 5.41) is 3.15. The molecule has 3 fully saturated rings. The first-order valence-corrected chi connectivity index (χ1v) is 9.45. The summed E-state index contributed by atoms with van der Waals surface area (Å²) in [5.74, 6) is -0.0166. The van der Waals surface area contributed by atoms with Crippen molar-refractivity contribution in [3.63, 3.8) is 0 Å². The van der Waals surface area contributed by atoms with E-state index in [0.717, 1.165) is 69.3 Å². The minimum Gasteiger partial charge on any atom is -0.378 e. The summed E-state index contributed by atoms with van der Waals surface area (Å²) in [6.45, 7) is 6.09. The van der Waals surface area contributed by atoms with Crippen LogP contribution in [-0.4, -0.2) is 58.0 Å². The maximum Gasteiger partial charge on any atom is 0.253 e. The average molecular weight is 345 g/mol. The molecule has 1 unspecified atom stereocenters. The molecule has 136 valence electrons. The second-order valence-electron chi connectivity index (χ2n) is 6.99. The molecule has 1 aromatic carbocycles. The normalized spacial score (nSPS) is 23.9. The van der Waals surface area contributed by atoms with Crippen molar-refractivity contribution in [3.05, 3.63) is 18.2 Å². The maximum absolute atomic E-state index is 12.6. The van der Waals surface area contributed by atoms with E-state index in [4.69, 9.17) is 9.47 Å². The Kier molecular flexibility index (Phi) is 5.08. The molecule has 1 atom stereocenters. The molecule has 0 spiro atoms. The molecule has 0 bridgehead atoms. The zero-order chi connectivity index (χ0) is 17.1. The van der Waals surface area contributed by atoms with Crippen LogP contribution in [0, 0.1) is 0 Å². The highest BCUT2D eigenvalue weighted by Gasteiger charge is 2.26. The van der Waals surface area contributed by atoms with Gasteiger partial charge in [0.25, 0.3) is 5.91 Å². The van der Waals surface area contributed by atoms with Crippen LogP contribution in [0.2, 0.25) is 0 Å². The van der Waals surface area contributed by atoms with E-state index in [-0.39, 0.29) is 12.0 Å². The average Bonchev–Trinajstić information content (AvgIpc) is 3.36. The van der Waals surface area contributed by atoms with Gasteiger partial charge in [0.05, 0.1) is 24.6 Å². The fourth-order valence-electron chi connectivity index (χ4n) is 3.87. The number of anilines is 3. The molecule has 1 amide bonds. The zero-order valence-corrected chi connectivity index (χ0v) is 14.7. The Morgan fingerprint density at radius 1 is 1.00 bits per heavy atom. The molecule has 6 nitrogen and oxygen atoms in total. The number of benzene rings is 1. The van der Waals surface area contributed by atoms with Crippen LogP contribution < -0.4 is 15.1 Å². The Balaban J connectivity index is 1.58. The molecule has 3 aliphatic heterocycles. The van der Waals surface area contributed by atoms with E-state index in [1.165, 1.54) is 12.8 Å². The van der Waals surface area contributed by atoms with Crippen molar-refractivity contribution >= 4 is 23.0 Å². The van der Waals surface area contributed by atoms with E-state index in [1.54, 1.807) is 0 Å². The molecule has 0 aliphatic carbocycles. The number of morpholine rings is 1. The highest BCUT2D eigenvalue weighted by atomic mass is 16.5. The van der Waals surface area contributed by atoms with Crippen molar-refractivity contribution in [2.45, 2.75) is 31.8 Å². The van der Waals surface area contributed by atoms with Gasteiger partial charge in [0.1, 0.15) is 6.10 Å². The summed E-state index contributed by atoms with van der Waals surface area (Å²) < 4.78 is 11.0. The molecule has 1 aromatic rings. The van der Waals surface area contributed by atoms with Crippen molar-refractivity contribution in [3.8, 4) is 0 Å². The summed E-state index contributed by atoms with van der Waals surface area (Å²) in [4.78, 5) is 17.3. The molecule has 4 rings (SSSR count). The number of nitrogens with zero attached hydrogens (tertiary/aromatic N) is 2. The molecular weight excluding hydrogens is 318 g/mol. The molecule has 0 aromatic heterocycles. The third-order valence-corrected chi connectivity index (χ3v) is 5.28. The summed E-state index contributed by atoms with van der Waals surface area (Å²) in [5.41, 5.74) is 3.18. The standard InChI is InChI=1S/C19H27N3O3/c23-19(18-4-3-11-25-18)20-16-14-15(21-9-12-24-13-10-21)5-6-17(16)22-7-1-2-8-22/h5-6,14,18H,1-4,7-13H2,(H,20,23). The monoisotopic (exact) mass is 345 g/mol. The predicted molar refractivity (Wildman–Crippen MR) is 98.5 cm³/mol. The lowest BCUT2D eigenvalue weighted by molar-refractivity contribution is -0.124. The number of hydrogen-bond acceptors (Lipinski definition) is 5. The number of rotatable bonds is 4. The largest absolute Gasteiger partial charge is 0.378 e. The van der Waals surface area contributed by atoms with Gasteiger partial charge in [0.2, 0.25) is 0 Å². The maximum atomic E-state index is 12.6. The van der Waals surface area contributed by atoms with E-state index < -0.39 is 0 Å². The van der Waals surface area contributed by atoms with Gasteiger partial charge in [0.15, 0.2) is 0 Å². The molecule has 3 saturated heterocycles. The Labute approximate surface area is 149 Å². The van der Waals surface area contributed by atoms with Crippen LogP contribution in [0.3, 0.4) is 0 Å². The van der Waals surface area contributed by atoms with Crippen LogP contribution in [0.5, 0.6) is 0 Å². The molecule has 25 heavy (non-hydrogen) atoms. The fraction of sp³-hybridized carbons (Fsp3) is 0.632. The second-order valence-corrected chi connectivity index (χ2v) is 6.99. The van der Waals surface area contributed by atoms with Crippen LogP contribution in [0.1, 0.15) is 25.7 Å². The Morgan fingerprint density at radius 2 is 1.80 bits per heavy atom. The van der Waals surface area contributed by atoms with Crippen molar-refractivity contribution < 1.29 is 14.3 Å². The van der Waals surface area contributed by atoms with Gasteiger partial charge in [-0.05, 0) is 43.9 Å². The third-order valence-electron chi connectivity index (χ3n) is 5.28. The summed E-state index contributed by atoms with van der Waals surface area (Å²) in [6.07, 6.45) is 3.90. The molecule has 1 N–H and O–H groups in total. The van der Waals surface area contributed by atoms with Gasteiger partial charge in [-0.1, -0.05) is 0 Å². The smallest absolute Gasteiger partial charge is 0.253 e. The first-order chi connectivity index (χ1) is 12.3. The Morgan fingerprint density at radius 3 is 2.52 bits per heavy atom. The number of hydrogen-bond donors (Lipinski definition) is 1. The van der Waals surface area contributed by atoms with Gasteiger partial charge >= 0.3 is 0 Å². The minimum atomic E-state index is -0.307. The van der Waals surface area contributed by atoms with E-state index in [0.29, 0.717) is 6.61 Å². The van der Waals surface area contributed by atoms with Gasteiger partial charge in [-0.15, -0.1) is 0 Å². The topological polar surface area (TPSA) is 54.0 Å². The highest BCUT2D eigenvalue weighted by Crippen LogP contribution is 2.33. The molecule has 0 saturated carbocycles. The number of nitrogens with one attached hydrogen (secondary N) is 1. The SMILES string of the molecule is O=C(Nc1cc(N2CCOCC2)ccc1N1CCCC1)C1CCCO1. The van der Waals surface area contributed by atoms with Crippen LogP contribution in [0.15, 0.2) is 18.2 Å². The summed E-state index contributed by atoms with van der Waals surface area (Å²) in [7, 11) is 0. The number of carbonyl (C=O) groups is 1. The van der Waals surface area contributed by atoms with Crippen LogP contribution in [-0.2, 0) is 14.3 Å². The second kappa shape index (κ2) is 7.62. The number of amides is 1. The fourth-order valence-corrected chi connectivity index (χ4v) is 3.87. The van der Waals surface area contributed by atoms with Gasteiger partial charge in [-0.2, -0.15) is 0 Å². The van der Waals surface area contributed by atoms with Gasteiger partial charge in [-0.3, -0.25) is 4.79 Å². The van der Waals surface area contributed by atoms with Gasteiger partial charge < -0.3 is 24.6 Å². The summed E-state index contributed by atoms with van der Waals surface area (Å²) >= 11 is 0. The van der Waals surface area contributed by atoms with E-state index in [1.807, 2.05) is 0 Å². The molecule has 6 heteroatoms. The van der Waals surface area contributed by atoms with Crippen LogP contribution in [0.25, 0.3) is 0 Å². The van der Waals surface area contributed by atoms with Crippen molar-refractivity contribution in [1.29, 1.82) is 0 Å². The van der Waals surface area contributed by atoms with Crippen LogP contribution in [0.4, 0.5) is 17.1 Å².